The zero-order valence-electron chi connectivity index (χ0n) is 11.4. The molecule has 0 radical (unpaired) electrons. The summed E-state index contributed by atoms with van der Waals surface area (Å²) < 4.78 is 0. The lowest BCUT2D eigenvalue weighted by Crippen LogP contribution is -2.09. The Bertz CT molecular complexity index is 584. The van der Waals surface area contributed by atoms with Crippen molar-refractivity contribution >= 4 is 28.4 Å². The minimum Gasteiger partial charge on any atom is -0.380 e. The predicted octanol–water partition coefficient (Wildman–Crippen LogP) is 4.26. The molecule has 0 saturated carbocycles. The first-order valence-electron chi connectivity index (χ1n) is 6.43. The van der Waals surface area contributed by atoms with Gasteiger partial charge in [-0.3, -0.25) is 10.1 Å². The number of nitro benzene ring substituents is 1. The Morgan fingerprint density at radius 3 is 2.70 bits per heavy atom. The van der Waals surface area contributed by atoms with Crippen LogP contribution in [-0.4, -0.2) is 11.5 Å². The van der Waals surface area contributed by atoms with Crippen molar-refractivity contribution < 1.29 is 4.92 Å². The number of thiophene rings is 1. The van der Waals surface area contributed by atoms with Crippen LogP contribution in [0.25, 0.3) is 0 Å². The highest BCUT2D eigenvalue weighted by Gasteiger charge is 2.20. The lowest BCUT2D eigenvalue weighted by atomic mass is 10.1. The number of hydrogen-bond donors (Lipinski definition) is 2. The summed E-state index contributed by atoms with van der Waals surface area (Å²) >= 11 is 1.61. The number of nitrogens with one attached hydrogen (secondary N) is 2. The summed E-state index contributed by atoms with van der Waals surface area (Å²) in [4.78, 5) is 11.0. The predicted molar refractivity (Wildman–Crippen MR) is 83.6 cm³/mol. The number of nitro groups is 1. The molecule has 0 spiro atoms. The number of hydrogen-bond acceptors (Lipinski definition) is 5. The lowest BCUT2D eigenvalue weighted by molar-refractivity contribution is -0.383. The maximum atomic E-state index is 11.3. The monoisotopic (exact) mass is 291 g/mol. The second kappa shape index (κ2) is 6.38. The van der Waals surface area contributed by atoms with Crippen molar-refractivity contribution in [3.63, 3.8) is 0 Å². The Kier molecular flexibility index (Phi) is 4.57. The summed E-state index contributed by atoms with van der Waals surface area (Å²) in [5, 5.41) is 21.6. The highest BCUT2D eigenvalue weighted by atomic mass is 32.1. The Hall–Kier alpha value is -2.08. The summed E-state index contributed by atoms with van der Waals surface area (Å²) in [5.74, 6) is 0. The Balaban J connectivity index is 2.31. The van der Waals surface area contributed by atoms with Crippen molar-refractivity contribution in [2.24, 2.45) is 0 Å². The normalized spacial score (nSPS) is 11.9. The fraction of sp³-hybridized carbons (Fsp3) is 0.286. The molecule has 1 unspecified atom stereocenters. The molecular formula is C14H17N3O2S. The van der Waals surface area contributed by atoms with E-state index in [1.54, 1.807) is 23.5 Å². The van der Waals surface area contributed by atoms with Gasteiger partial charge in [-0.1, -0.05) is 6.07 Å². The first-order valence-corrected chi connectivity index (χ1v) is 7.37. The smallest absolute Gasteiger partial charge is 0.315 e. The Labute approximate surface area is 121 Å². The highest BCUT2D eigenvalue weighted by molar-refractivity contribution is 7.07. The molecule has 20 heavy (non-hydrogen) atoms. The molecule has 106 valence electrons. The molecule has 0 aliphatic rings. The van der Waals surface area contributed by atoms with Crippen molar-refractivity contribution in [2.45, 2.75) is 19.9 Å². The number of rotatable bonds is 6. The van der Waals surface area contributed by atoms with Crippen LogP contribution >= 0.6 is 11.3 Å². The topological polar surface area (TPSA) is 67.2 Å². The first kappa shape index (κ1) is 14.3. The zero-order valence-corrected chi connectivity index (χ0v) is 12.2. The molecule has 1 aromatic carbocycles. The third-order valence-corrected chi connectivity index (χ3v) is 3.70. The minimum absolute atomic E-state index is 0.0248. The summed E-state index contributed by atoms with van der Waals surface area (Å²) in [6, 6.07) is 7.32. The van der Waals surface area contributed by atoms with Gasteiger partial charge in [-0.15, -0.1) is 0 Å². The summed E-state index contributed by atoms with van der Waals surface area (Å²) in [7, 11) is 0. The molecule has 5 nitrogen and oxygen atoms in total. The average Bonchev–Trinajstić information content (AvgIpc) is 2.92. The Morgan fingerprint density at radius 2 is 2.10 bits per heavy atom. The van der Waals surface area contributed by atoms with Crippen molar-refractivity contribution in [1.82, 2.24) is 0 Å². The quantitative estimate of drug-likeness (QED) is 0.616. The fourth-order valence-electron chi connectivity index (χ4n) is 2.03. The van der Waals surface area contributed by atoms with Crippen molar-refractivity contribution in [2.75, 3.05) is 17.2 Å². The molecule has 2 rings (SSSR count). The van der Waals surface area contributed by atoms with Crippen LogP contribution in [0.15, 0.2) is 35.0 Å². The van der Waals surface area contributed by atoms with Gasteiger partial charge in [-0.05, 0) is 48.4 Å². The van der Waals surface area contributed by atoms with Crippen LogP contribution in [0.5, 0.6) is 0 Å². The van der Waals surface area contributed by atoms with Gasteiger partial charge in [0.25, 0.3) is 0 Å². The van der Waals surface area contributed by atoms with Crippen molar-refractivity contribution in [3.8, 4) is 0 Å². The van der Waals surface area contributed by atoms with Crippen molar-refractivity contribution in [3.05, 3.63) is 50.7 Å². The third-order valence-electron chi connectivity index (χ3n) is 3.00. The molecule has 1 heterocycles. The van der Waals surface area contributed by atoms with E-state index in [0.29, 0.717) is 17.9 Å². The van der Waals surface area contributed by atoms with Crippen LogP contribution in [0.1, 0.15) is 25.5 Å². The molecule has 2 N–H and O–H groups in total. The van der Waals surface area contributed by atoms with Gasteiger partial charge in [0.15, 0.2) is 0 Å². The standard InChI is InChI=1S/C14H17N3O2S/c1-3-15-12-5-4-6-13(14(12)17(18)19)16-10(2)11-7-8-20-9-11/h4-10,15-16H,3H2,1-2H3. The van der Waals surface area contributed by atoms with Gasteiger partial charge in [0.2, 0.25) is 0 Å². The van der Waals surface area contributed by atoms with Gasteiger partial charge in [0.05, 0.1) is 4.92 Å². The lowest BCUT2D eigenvalue weighted by Gasteiger charge is -2.15. The van der Waals surface area contributed by atoms with E-state index in [1.807, 2.05) is 36.7 Å². The van der Waals surface area contributed by atoms with Gasteiger partial charge < -0.3 is 10.6 Å². The third kappa shape index (κ3) is 3.08. The van der Waals surface area contributed by atoms with E-state index in [4.69, 9.17) is 0 Å². The SMILES string of the molecule is CCNc1cccc(NC(C)c2ccsc2)c1[N+](=O)[O-]. The number of nitrogens with zero attached hydrogens (tertiary/aromatic N) is 1. The number of benzene rings is 1. The van der Waals surface area contributed by atoms with E-state index >= 15 is 0 Å². The van der Waals surface area contributed by atoms with Crippen LogP contribution in [0.2, 0.25) is 0 Å². The van der Waals surface area contributed by atoms with Gasteiger partial charge in [0.1, 0.15) is 11.4 Å². The molecule has 0 amide bonds. The van der Waals surface area contributed by atoms with Crippen LogP contribution in [0, 0.1) is 10.1 Å². The molecule has 1 aromatic heterocycles. The first-order chi connectivity index (χ1) is 9.63. The molecule has 0 aliphatic heterocycles. The van der Waals surface area contributed by atoms with Gasteiger partial charge >= 0.3 is 5.69 Å². The molecule has 1 atom stereocenters. The van der Waals surface area contributed by atoms with E-state index in [0.717, 1.165) is 5.56 Å². The highest BCUT2D eigenvalue weighted by Crippen LogP contribution is 2.35. The maximum absolute atomic E-state index is 11.3. The van der Waals surface area contributed by atoms with Gasteiger partial charge in [-0.2, -0.15) is 11.3 Å². The fourth-order valence-corrected chi connectivity index (χ4v) is 2.78. The van der Waals surface area contributed by atoms with E-state index in [9.17, 15) is 10.1 Å². The zero-order chi connectivity index (χ0) is 14.5. The molecule has 6 heteroatoms. The second-order valence-corrected chi connectivity index (χ2v) is 5.19. The van der Waals surface area contributed by atoms with E-state index in [1.165, 1.54) is 0 Å². The summed E-state index contributed by atoms with van der Waals surface area (Å²) in [6.07, 6.45) is 0. The van der Waals surface area contributed by atoms with Crippen LogP contribution in [-0.2, 0) is 0 Å². The summed E-state index contributed by atoms with van der Waals surface area (Å²) in [6.45, 7) is 4.55. The number of anilines is 2. The summed E-state index contributed by atoms with van der Waals surface area (Å²) in [5.41, 5.74) is 2.29. The van der Waals surface area contributed by atoms with Gasteiger partial charge in [0, 0.05) is 12.6 Å². The maximum Gasteiger partial charge on any atom is 0.315 e. The molecule has 0 saturated heterocycles. The second-order valence-electron chi connectivity index (χ2n) is 4.41. The van der Waals surface area contributed by atoms with Crippen LogP contribution < -0.4 is 10.6 Å². The molecule has 0 aliphatic carbocycles. The van der Waals surface area contributed by atoms with Crippen LogP contribution in [0.4, 0.5) is 17.1 Å². The van der Waals surface area contributed by atoms with Crippen LogP contribution in [0.3, 0.4) is 0 Å². The Morgan fingerprint density at radius 1 is 1.35 bits per heavy atom. The largest absolute Gasteiger partial charge is 0.380 e. The number of para-hydroxylation sites is 1. The van der Waals surface area contributed by atoms with E-state index < -0.39 is 0 Å². The molecule has 2 aromatic rings. The van der Waals surface area contributed by atoms with Crippen molar-refractivity contribution in [1.29, 1.82) is 0 Å². The molecule has 0 fully saturated rings. The average molecular weight is 291 g/mol. The van der Waals surface area contributed by atoms with Gasteiger partial charge in [-0.25, -0.2) is 0 Å². The molecule has 0 bridgehead atoms. The minimum atomic E-state index is -0.347. The molecular weight excluding hydrogens is 274 g/mol. The van der Waals surface area contributed by atoms with E-state index in [-0.39, 0.29) is 16.7 Å². The van der Waals surface area contributed by atoms with E-state index in [2.05, 4.69) is 10.6 Å².